The molecule has 5 heteroatoms. The molecule has 70 valence electrons. The van der Waals surface area contributed by atoms with Crippen molar-refractivity contribution < 1.29 is 19.8 Å². The summed E-state index contributed by atoms with van der Waals surface area (Å²) in [6.45, 7) is 3.07. The van der Waals surface area contributed by atoms with Crippen molar-refractivity contribution >= 4 is 11.9 Å². The summed E-state index contributed by atoms with van der Waals surface area (Å²) in [6.07, 6.45) is -0.653. The van der Waals surface area contributed by atoms with E-state index in [1.165, 1.54) is 13.8 Å². The molecule has 4 N–H and O–H groups in total. The summed E-state index contributed by atoms with van der Waals surface area (Å²) in [5, 5.41) is 17.9. The van der Waals surface area contributed by atoms with Crippen molar-refractivity contribution in [1.29, 1.82) is 0 Å². The van der Waals surface area contributed by atoms with Gasteiger partial charge < -0.3 is 15.9 Å². The summed E-state index contributed by atoms with van der Waals surface area (Å²) in [5.74, 6) is -2.75. The fourth-order valence-corrected chi connectivity index (χ4v) is 0.806. The van der Waals surface area contributed by atoms with E-state index in [-0.39, 0.29) is 0 Å². The molecule has 0 radical (unpaired) electrons. The van der Waals surface area contributed by atoms with Crippen LogP contribution in [0.5, 0.6) is 0 Å². The van der Waals surface area contributed by atoms with Crippen LogP contribution in [0.4, 0.5) is 0 Å². The summed E-state index contributed by atoms with van der Waals surface area (Å²) in [6, 6.07) is 0. The van der Waals surface area contributed by atoms with Crippen LogP contribution in [0.15, 0.2) is 0 Å². The highest BCUT2D eigenvalue weighted by atomic mass is 16.4. The quantitative estimate of drug-likeness (QED) is 0.527. The minimum Gasteiger partial charge on any atom is -0.481 e. The van der Waals surface area contributed by atoms with Crippen LogP contribution < -0.4 is 5.73 Å². The van der Waals surface area contributed by atoms with Gasteiger partial charge in [0.25, 0.3) is 0 Å². The van der Waals surface area contributed by atoms with E-state index in [9.17, 15) is 14.7 Å². The number of carboxylic acids is 1. The number of carbonyl (C=O) groups is 2. The average Bonchev–Trinajstić information content (AvgIpc) is 1.84. The first kappa shape index (κ1) is 10.9. The molecule has 1 amide bonds. The molecule has 0 aromatic rings. The fourth-order valence-electron chi connectivity index (χ4n) is 0.806. The largest absolute Gasteiger partial charge is 0.481 e. The van der Waals surface area contributed by atoms with Crippen LogP contribution in [0.1, 0.15) is 20.3 Å². The third-order valence-electron chi connectivity index (χ3n) is 1.80. The Morgan fingerprint density at radius 1 is 1.50 bits per heavy atom. The van der Waals surface area contributed by atoms with Crippen LogP contribution in [0.2, 0.25) is 0 Å². The van der Waals surface area contributed by atoms with E-state index in [1.807, 2.05) is 0 Å². The Morgan fingerprint density at radius 3 is 2.00 bits per heavy atom. The second kappa shape index (κ2) is 3.53. The minimum absolute atomic E-state index is 0.508. The molecule has 0 aliphatic heterocycles. The summed E-state index contributed by atoms with van der Waals surface area (Å²) in [7, 11) is 0. The van der Waals surface area contributed by atoms with Gasteiger partial charge in [-0.2, -0.15) is 0 Å². The zero-order valence-corrected chi connectivity index (χ0v) is 7.07. The minimum atomic E-state index is -1.94. The van der Waals surface area contributed by atoms with Crippen molar-refractivity contribution in [1.82, 2.24) is 0 Å². The van der Waals surface area contributed by atoms with E-state index in [0.29, 0.717) is 0 Å². The Bertz CT molecular complexity index is 202. The Kier molecular flexibility index (Phi) is 3.21. The highest BCUT2D eigenvalue weighted by Gasteiger charge is 2.39. The van der Waals surface area contributed by atoms with Crippen LogP contribution in [0.3, 0.4) is 0 Å². The van der Waals surface area contributed by atoms with Gasteiger partial charge in [-0.05, 0) is 5.92 Å². The molecule has 0 saturated carbocycles. The van der Waals surface area contributed by atoms with Gasteiger partial charge in [0.15, 0.2) is 5.60 Å². The van der Waals surface area contributed by atoms with Gasteiger partial charge >= 0.3 is 5.97 Å². The van der Waals surface area contributed by atoms with Gasteiger partial charge in [-0.25, -0.2) is 0 Å². The van der Waals surface area contributed by atoms with E-state index in [4.69, 9.17) is 10.8 Å². The molecule has 0 rings (SSSR count). The number of carboxylic acid groups (broad SMARTS) is 1. The van der Waals surface area contributed by atoms with Crippen molar-refractivity contribution in [3.63, 3.8) is 0 Å². The molecule has 0 aliphatic rings. The number of nitrogens with two attached hydrogens (primary N) is 1. The van der Waals surface area contributed by atoms with E-state index in [1.54, 1.807) is 0 Å². The summed E-state index contributed by atoms with van der Waals surface area (Å²) >= 11 is 0. The van der Waals surface area contributed by atoms with E-state index < -0.39 is 29.8 Å². The lowest BCUT2D eigenvalue weighted by molar-refractivity contribution is -0.154. The first-order chi connectivity index (χ1) is 5.30. The molecule has 0 heterocycles. The number of amides is 1. The molecule has 0 aromatic heterocycles. The Morgan fingerprint density at radius 2 is 1.92 bits per heavy atom. The third-order valence-corrected chi connectivity index (χ3v) is 1.80. The Labute approximate surface area is 70.2 Å². The summed E-state index contributed by atoms with van der Waals surface area (Å²) in [4.78, 5) is 21.0. The predicted octanol–water partition coefficient (Wildman–Crippen LogP) is -0.667. The van der Waals surface area contributed by atoms with Gasteiger partial charge in [-0.15, -0.1) is 0 Å². The Hall–Kier alpha value is -1.10. The molecule has 1 unspecified atom stereocenters. The highest BCUT2D eigenvalue weighted by molar-refractivity contribution is 5.88. The highest BCUT2D eigenvalue weighted by Crippen LogP contribution is 2.20. The number of hydrogen-bond acceptors (Lipinski definition) is 3. The summed E-state index contributed by atoms with van der Waals surface area (Å²) in [5.41, 5.74) is 2.93. The Balaban J connectivity index is 4.62. The van der Waals surface area contributed by atoms with Crippen molar-refractivity contribution in [3.05, 3.63) is 0 Å². The molecular weight excluding hydrogens is 162 g/mol. The van der Waals surface area contributed by atoms with E-state index >= 15 is 0 Å². The normalized spacial score (nSPS) is 15.7. The lowest BCUT2D eigenvalue weighted by Crippen LogP contribution is -2.49. The van der Waals surface area contributed by atoms with Gasteiger partial charge in [0.05, 0.1) is 6.42 Å². The topological polar surface area (TPSA) is 101 Å². The standard InChI is InChI=1S/C7H13NO4/c1-4(2)7(12,6(8)11)3-5(9)10/h4,12H,3H2,1-2H3,(H2,8,11)(H,9,10). The predicted molar refractivity (Wildman–Crippen MR) is 41.2 cm³/mol. The van der Waals surface area contributed by atoms with Crippen LogP contribution in [-0.2, 0) is 9.59 Å². The van der Waals surface area contributed by atoms with Crippen LogP contribution >= 0.6 is 0 Å². The first-order valence-electron chi connectivity index (χ1n) is 3.54. The molecule has 0 saturated heterocycles. The lowest BCUT2D eigenvalue weighted by atomic mass is 9.86. The van der Waals surface area contributed by atoms with Gasteiger partial charge in [-0.3, -0.25) is 9.59 Å². The number of carbonyl (C=O) groups excluding carboxylic acids is 1. The number of aliphatic hydroxyl groups is 1. The fraction of sp³-hybridized carbons (Fsp3) is 0.714. The zero-order chi connectivity index (χ0) is 9.94. The van der Waals surface area contributed by atoms with E-state index in [0.717, 1.165) is 0 Å². The molecule has 0 fully saturated rings. The molecule has 0 bridgehead atoms. The average molecular weight is 175 g/mol. The van der Waals surface area contributed by atoms with Gasteiger partial charge in [-0.1, -0.05) is 13.8 Å². The summed E-state index contributed by atoms with van der Waals surface area (Å²) < 4.78 is 0. The van der Waals surface area contributed by atoms with Gasteiger partial charge in [0.2, 0.25) is 5.91 Å². The maximum atomic E-state index is 10.7. The number of aliphatic carboxylic acids is 1. The molecular formula is C7H13NO4. The van der Waals surface area contributed by atoms with Crippen LogP contribution in [0, 0.1) is 5.92 Å². The molecule has 0 aromatic carbocycles. The maximum absolute atomic E-state index is 10.7. The maximum Gasteiger partial charge on any atom is 0.306 e. The van der Waals surface area contributed by atoms with Gasteiger partial charge in [0, 0.05) is 0 Å². The van der Waals surface area contributed by atoms with E-state index in [2.05, 4.69) is 0 Å². The smallest absolute Gasteiger partial charge is 0.306 e. The van der Waals surface area contributed by atoms with Crippen molar-refractivity contribution in [2.75, 3.05) is 0 Å². The molecule has 0 aliphatic carbocycles. The lowest BCUT2D eigenvalue weighted by Gasteiger charge is -2.26. The second-order valence-corrected chi connectivity index (χ2v) is 3.01. The van der Waals surface area contributed by atoms with Crippen LogP contribution in [0.25, 0.3) is 0 Å². The third kappa shape index (κ3) is 2.20. The van der Waals surface area contributed by atoms with Crippen molar-refractivity contribution in [3.8, 4) is 0 Å². The molecule has 0 spiro atoms. The van der Waals surface area contributed by atoms with Gasteiger partial charge in [0.1, 0.15) is 0 Å². The number of rotatable bonds is 4. The number of hydrogen-bond donors (Lipinski definition) is 3. The van der Waals surface area contributed by atoms with Crippen molar-refractivity contribution in [2.24, 2.45) is 11.7 Å². The van der Waals surface area contributed by atoms with Crippen molar-refractivity contribution in [2.45, 2.75) is 25.9 Å². The monoisotopic (exact) mass is 175 g/mol. The second-order valence-electron chi connectivity index (χ2n) is 3.01. The molecule has 1 atom stereocenters. The molecule has 12 heavy (non-hydrogen) atoms. The molecule has 5 nitrogen and oxygen atoms in total. The number of primary amides is 1. The first-order valence-corrected chi connectivity index (χ1v) is 3.54. The zero-order valence-electron chi connectivity index (χ0n) is 7.07. The SMILES string of the molecule is CC(C)C(O)(CC(=O)O)C(N)=O. The van der Waals surface area contributed by atoms with Crippen LogP contribution in [-0.4, -0.2) is 27.7 Å².